The predicted molar refractivity (Wildman–Crippen MR) is 76.5 cm³/mol. The molecule has 2 aromatic rings. The summed E-state index contributed by atoms with van der Waals surface area (Å²) in [5.41, 5.74) is 3.15. The van der Waals surface area contributed by atoms with Crippen LogP contribution in [0.25, 0.3) is 11.5 Å². The Labute approximate surface area is 121 Å². The lowest BCUT2D eigenvalue weighted by Gasteiger charge is -2.04. The van der Waals surface area contributed by atoms with Gasteiger partial charge in [-0.15, -0.1) is 10.2 Å². The van der Waals surface area contributed by atoms with Crippen molar-refractivity contribution in [3.8, 4) is 11.5 Å². The molecule has 0 aliphatic rings. The molecule has 0 amide bonds. The topological polar surface area (TPSA) is 65.2 Å². The highest BCUT2D eigenvalue weighted by Gasteiger charge is 2.19. The van der Waals surface area contributed by atoms with Crippen LogP contribution in [0, 0.1) is 13.8 Å². The van der Waals surface area contributed by atoms with Crippen molar-refractivity contribution in [3.63, 3.8) is 0 Å². The number of aromatic nitrogens is 2. The molecular formula is C14H16N2O3S. The number of carbonyl (C=O) groups is 1. The number of esters is 1. The smallest absolute Gasteiger partial charge is 0.319 e. The van der Waals surface area contributed by atoms with E-state index in [1.165, 1.54) is 18.9 Å². The molecule has 0 fully saturated rings. The highest BCUT2D eigenvalue weighted by molar-refractivity contribution is 8.00. The molecule has 0 aliphatic carbocycles. The highest BCUT2D eigenvalue weighted by Crippen LogP contribution is 2.27. The molecule has 1 heterocycles. The molecule has 106 valence electrons. The summed E-state index contributed by atoms with van der Waals surface area (Å²) in [6, 6.07) is 6.05. The Morgan fingerprint density at radius 3 is 2.50 bits per heavy atom. The second-order valence-corrected chi connectivity index (χ2v) is 5.82. The summed E-state index contributed by atoms with van der Waals surface area (Å²) in [4.78, 5) is 11.3. The summed E-state index contributed by atoms with van der Waals surface area (Å²) in [6.45, 7) is 5.76. The van der Waals surface area contributed by atoms with Crippen LogP contribution < -0.4 is 0 Å². The van der Waals surface area contributed by atoms with E-state index in [0.717, 1.165) is 16.7 Å². The van der Waals surface area contributed by atoms with Crippen LogP contribution in [0.4, 0.5) is 0 Å². The maximum atomic E-state index is 11.3. The third kappa shape index (κ3) is 3.39. The maximum Gasteiger partial charge on any atom is 0.319 e. The van der Waals surface area contributed by atoms with Crippen LogP contribution in [0.15, 0.2) is 27.8 Å². The molecule has 0 bridgehead atoms. The minimum Gasteiger partial charge on any atom is -0.468 e. The van der Waals surface area contributed by atoms with Crippen LogP contribution in [0.3, 0.4) is 0 Å². The zero-order valence-electron chi connectivity index (χ0n) is 11.8. The number of hydrogen-bond acceptors (Lipinski definition) is 6. The fourth-order valence-corrected chi connectivity index (χ4v) is 2.55. The molecule has 0 aliphatic heterocycles. The van der Waals surface area contributed by atoms with E-state index in [0.29, 0.717) is 11.1 Å². The van der Waals surface area contributed by atoms with Crippen molar-refractivity contribution >= 4 is 17.7 Å². The number of nitrogens with zero attached hydrogens (tertiary/aromatic N) is 2. The van der Waals surface area contributed by atoms with Gasteiger partial charge in [0.2, 0.25) is 5.89 Å². The van der Waals surface area contributed by atoms with Crippen molar-refractivity contribution in [1.82, 2.24) is 10.2 Å². The van der Waals surface area contributed by atoms with Gasteiger partial charge in [0.15, 0.2) is 0 Å². The van der Waals surface area contributed by atoms with E-state index in [9.17, 15) is 4.79 Å². The maximum absolute atomic E-state index is 11.3. The van der Waals surface area contributed by atoms with Gasteiger partial charge in [-0.3, -0.25) is 4.79 Å². The van der Waals surface area contributed by atoms with Gasteiger partial charge >= 0.3 is 5.97 Å². The lowest BCUT2D eigenvalue weighted by atomic mass is 10.1. The van der Waals surface area contributed by atoms with Gasteiger partial charge in [0, 0.05) is 5.56 Å². The Kier molecular flexibility index (Phi) is 4.44. The Morgan fingerprint density at radius 2 is 1.90 bits per heavy atom. The summed E-state index contributed by atoms with van der Waals surface area (Å²) < 4.78 is 10.2. The van der Waals surface area contributed by atoms with Crippen molar-refractivity contribution < 1.29 is 13.9 Å². The third-order valence-electron chi connectivity index (χ3n) is 2.69. The average molecular weight is 292 g/mol. The molecule has 6 heteroatoms. The Morgan fingerprint density at radius 1 is 1.25 bits per heavy atom. The fraction of sp³-hybridized carbons (Fsp3) is 0.357. The first kappa shape index (κ1) is 14.6. The third-order valence-corrected chi connectivity index (χ3v) is 3.60. The van der Waals surface area contributed by atoms with Gasteiger partial charge in [-0.25, -0.2) is 0 Å². The van der Waals surface area contributed by atoms with Crippen molar-refractivity contribution in [3.05, 3.63) is 29.3 Å². The first-order valence-electron chi connectivity index (χ1n) is 6.16. The quantitative estimate of drug-likeness (QED) is 0.637. The van der Waals surface area contributed by atoms with E-state index in [1.807, 2.05) is 26.0 Å². The van der Waals surface area contributed by atoms with Crippen molar-refractivity contribution in [2.24, 2.45) is 0 Å². The van der Waals surface area contributed by atoms with Crippen LogP contribution in [0.5, 0.6) is 0 Å². The number of carbonyl (C=O) groups excluding carboxylic acids is 1. The molecule has 2 rings (SSSR count). The number of ether oxygens (including phenoxy) is 1. The molecule has 0 saturated carbocycles. The molecular weight excluding hydrogens is 276 g/mol. The zero-order valence-corrected chi connectivity index (χ0v) is 12.7. The van der Waals surface area contributed by atoms with Crippen molar-refractivity contribution in [2.45, 2.75) is 31.2 Å². The van der Waals surface area contributed by atoms with Gasteiger partial charge in [0.25, 0.3) is 5.22 Å². The van der Waals surface area contributed by atoms with Crippen LogP contribution in [0.1, 0.15) is 18.1 Å². The van der Waals surface area contributed by atoms with Gasteiger partial charge in [0.1, 0.15) is 5.25 Å². The number of benzene rings is 1. The molecule has 20 heavy (non-hydrogen) atoms. The fourth-order valence-electron chi connectivity index (χ4n) is 1.84. The number of thioether (sulfide) groups is 1. The SMILES string of the molecule is COC(=O)C(C)Sc1nnc(-c2cc(C)cc(C)c2)o1. The summed E-state index contributed by atoms with van der Waals surface area (Å²) in [7, 11) is 1.36. The number of aryl methyl sites for hydroxylation is 2. The van der Waals surface area contributed by atoms with E-state index in [2.05, 4.69) is 21.0 Å². The van der Waals surface area contributed by atoms with Crippen LogP contribution >= 0.6 is 11.8 Å². The highest BCUT2D eigenvalue weighted by atomic mass is 32.2. The Bertz CT molecular complexity index is 604. The van der Waals surface area contributed by atoms with Gasteiger partial charge in [-0.05, 0) is 32.9 Å². The predicted octanol–water partition coefficient (Wildman–Crippen LogP) is 3.01. The van der Waals surface area contributed by atoms with Gasteiger partial charge in [-0.2, -0.15) is 0 Å². The second-order valence-electron chi connectivity index (χ2n) is 4.53. The minimum atomic E-state index is -0.382. The van der Waals surface area contributed by atoms with Crippen molar-refractivity contribution in [1.29, 1.82) is 0 Å². The molecule has 0 saturated heterocycles. The van der Waals surface area contributed by atoms with E-state index in [-0.39, 0.29) is 11.2 Å². The molecule has 1 unspecified atom stereocenters. The van der Waals surface area contributed by atoms with E-state index >= 15 is 0 Å². The Balaban J connectivity index is 2.18. The normalized spacial score (nSPS) is 12.2. The second kappa shape index (κ2) is 6.09. The van der Waals surface area contributed by atoms with E-state index in [4.69, 9.17) is 4.42 Å². The first-order valence-corrected chi connectivity index (χ1v) is 7.04. The molecule has 1 aromatic heterocycles. The Hall–Kier alpha value is -1.82. The summed E-state index contributed by atoms with van der Waals surface area (Å²) in [6.07, 6.45) is 0. The van der Waals surface area contributed by atoms with E-state index < -0.39 is 0 Å². The van der Waals surface area contributed by atoms with Crippen LogP contribution in [-0.4, -0.2) is 28.5 Å². The number of hydrogen-bond donors (Lipinski definition) is 0. The summed E-state index contributed by atoms with van der Waals surface area (Å²) in [5.74, 6) is 0.137. The molecule has 5 nitrogen and oxygen atoms in total. The molecule has 0 radical (unpaired) electrons. The van der Waals surface area contributed by atoms with Crippen LogP contribution in [0.2, 0.25) is 0 Å². The molecule has 1 atom stereocenters. The molecule has 1 aromatic carbocycles. The minimum absolute atomic E-state index is 0.318. The number of rotatable bonds is 4. The van der Waals surface area contributed by atoms with Crippen molar-refractivity contribution in [2.75, 3.05) is 7.11 Å². The lowest BCUT2D eigenvalue weighted by Crippen LogP contribution is -2.14. The standard InChI is InChI=1S/C14H16N2O3S/c1-8-5-9(2)7-11(6-8)12-15-16-14(19-12)20-10(3)13(17)18-4/h5-7,10H,1-4H3. The molecule has 0 spiro atoms. The molecule has 0 N–H and O–H groups in total. The lowest BCUT2D eigenvalue weighted by molar-refractivity contribution is -0.139. The monoisotopic (exact) mass is 292 g/mol. The zero-order chi connectivity index (χ0) is 14.7. The van der Waals surface area contributed by atoms with Gasteiger partial charge in [0.05, 0.1) is 7.11 Å². The summed E-state index contributed by atoms with van der Waals surface area (Å²) >= 11 is 1.19. The first-order chi connectivity index (χ1) is 9.49. The average Bonchev–Trinajstić information content (AvgIpc) is 2.85. The summed E-state index contributed by atoms with van der Waals surface area (Å²) in [5, 5.41) is 7.94. The largest absolute Gasteiger partial charge is 0.468 e. The van der Waals surface area contributed by atoms with E-state index in [1.54, 1.807) is 6.92 Å². The van der Waals surface area contributed by atoms with Gasteiger partial charge in [-0.1, -0.05) is 29.0 Å². The number of methoxy groups -OCH3 is 1. The van der Waals surface area contributed by atoms with Crippen LogP contribution in [-0.2, 0) is 9.53 Å². The van der Waals surface area contributed by atoms with Gasteiger partial charge < -0.3 is 9.15 Å².